The maximum Gasteiger partial charge on any atom is 0.239 e. The van der Waals surface area contributed by atoms with E-state index in [0.717, 1.165) is 29.5 Å². The van der Waals surface area contributed by atoms with Crippen LogP contribution in [0.5, 0.6) is 0 Å². The van der Waals surface area contributed by atoms with E-state index in [1.165, 1.54) is 0 Å². The zero-order chi connectivity index (χ0) is 15.5. The quantitative estimate of drug-likeness (QED) is 0.828. The Morgan fingerprint density at radius 1 is 1.33 bits per heavy atom. The van der Waals surface area contributed by atoms with Crippen LogP contribution in [-0.4, -0.2) is 41.8 Å². The summed E-state index contributed by atoms with van der Waals surface area (Å²) in [5, 5.41) is 2.88. The number of hydrogen-bond donors (Lipinski definition) is 1. The van der Waals surface area contributed by atoms with Crippen LogP contribution in [0.25, 0.3) is 0 Å². The van der Waals surface area contributed by atoms with Gasteiger partial charge in [0.1, 0.15) is 0 Å². The Morgan fingerprint density at radius 3 is 2.67 bits per heavy atom. The van der Waals surface area contributed by atoms with Crippen molar-refractivity contribution >= 4 is 27.6 Å². The molecule has 4 nitrogen and oxygen atoms in total. The molecule has 0 saturated carbocycles. The summed E-state index contributed by atoms with van der Waals surface area (Å²) < 4.78 is 0.972. The lowest BCUT2D eigenvalue weighted by Gasteiger charge is -2.41. The monoisotopic (exact) mass is 352 g/mol. The minimum absolute atomic E-state index is 0.0630. The zero-order valence-corrected chi connectivity index (χ0v) is 14.1. The highest BCUT2D eigenvalue weighted by Crippen LogP contribution is 2.19. The fraction of sp³-hybridized carbons (Fsp3) is 0.500. The standard InChI is InChI=1S/C16H21BrN2O2/c1-16(2)15(21)18-9-11-19(16)10-3-4-14(20)12-5-7-13(17)8-6-12/h5-8H,3-4,9-11H2,1-2H3,(H,18,21). The van der Waals surface area contributed by atoms with Crippen molar-refractivity contribution in [3.05, 3.63) is 34.3 Å². The molecule has 21 heavy (non-hydrogen) atoms. The molecule has 1 amide bonds. The third-order valence-corrected chi connectivity index (χ3v) is 4.54. The average Bonchev–Trinajstić information content (AvgIpc) is 2.44. The Balaban J connectivity index is 1.85. The molecule has 1 saturated heterocycles. The summed E-state index contributed by atoms with van der Waals surface area (Å²) in [4.78, 5) is 26.1. The Kier molecular flexibility index (Phi) is 5.17. The summed E-state index contributed by atoms with van der Waals surface area (Å²) in [5.74, 6) is 0.217. The van der Waals surface area contributed by atoms with Gasteiger partial charge >= 0.3 is 0 Å². The van der Waals surface area contributed by atoms with Crippen molar-refractivity contribution in [2.75, 3.05) is 19.6 Å². The molecule has 0 radical (unpaired) electrons. The van der Waals surface area contributed by atoms with Gasteiger partial charge in [-0.05, 0) is 38.9 Å². The lowest BCUT2D eigenvalue weighted by Crippen LogP contribution is -2.61. The van der Waals surface area contributed by atoms with E-state index in [1.807, 2.05) is 38.1 Å². The Morgan fingerprint density at radius 2 is 2.00 bits per heavy atom. The highest BCUT2D eigenvalue weighted by molar-refractivity contribution is 9.10. The van der Waals surface area contributed by atoms with Crippen LogP contribution in [-0.2, 0) is 4.79 Å². The van der Waals surface area contributed by atoms with Crippen LogP contribution in [0.4, 0.5) is 0 Å². The van der Waals surface area contributed by atoms with Gasteiger partial charge in [0, 0.05) is 29.5 Å². The Labute approximate surface area is 134 Å². The summed E-state index contributed by atoms with van der Waals surface area (Å²) in [6.45, 7) is 6.15. The van der Waals surface area contributed by atoms with Gasteiger partial charge in [-0.1, -0.05) is 28.1 Å². The van der Waals surface area contributed by atoms with Gasteiger partial charge in [0.25, 0.3) is 0 Å². The van der Waals surface area contributed by atoms with E-state index in [9.17, 15) is 9.59 Å². The van der Waals surface area contributed by atoms with Crippen molar-refractivity contribution in [2.45, 2.75) is 32.2 Å². The number of rotatable bonds is 5. The molecule has 1 aromatic rings. The number of carbonyl (C=O) groups excluding carboxylic acids is 2. The van der Waals surface area contributed by atoms with Gasteiger partial charge in [0.15, 0.2) is 5.78 Å². The normalized spacial score (nSPS) is 18.3. The number of benzene rings is 1. The Bertz CT molecular complexity index is 526. The third-order valence-electron chi connectivity index (χ3n) is 4.01. The second kappa shape index (κ2) is 6.71. The molecular formula is C16H21BrN2O2. The molecule has 1 aromatic carbocycles. The fourth-order valence-electron chi connectivity index (χ4n) is 2.55. The smallest absolute Gasteiger partial charge is 0.239 e. The van der Waals surface area contributed by atoms with E-state index >= 15 is 0 Å². The number of ketones is 1. The highest BCUT2D eigenvalue weighted by Gasteiger charge is 2.36. The first-order valence-electron chi connectivity index (χ1n) is 7.23. The van der Waals surface area contributed by atoms with Crippen LogP contribution >= 0.6 is 15.9 Å². The van der Waals surface area contributed by atoms with Crippen molar-refractivity contribution < 1.29 is 9.59 Å². The fourth-order valence-corrected chi connectivity index (χ4v) is 2.81. The lowest BCUT2D eigenvalue weighted by atomic mass is 9.98. The summed E-state index contributed by atoms with van der Waals surface area (Å²) in [7, 11) is 0. The van der Waals surface area contributed by atoms with Crippen molar-refractivity contribution in [1.82, 2.24) is 10.2 Å². The van der Waals surface area contributed by atoms with Crippen LogP contribution in [0.2, 0.25) is 0 Å². The highest BCUT2D eigenvalue weighted by atomic mass is 79.9. The van der Waals surface area contributed by atoms with Crippen LogP contribution in [0.15, 0.2) is 28.7 Å². The average molecular weight is 353 g/mol. The van der Waals surface area contributed by atoms with Crippen molar-refractivity contribution in [1.29, 1.82) is 0 Å². The largest absolute Gasteiger partial charge is 0.353 e. The molecule has 114 valence electrons. The minimum atomic E-state index is -0.487. The van der Waals surface area contributed by atoms with E-state index in [0.29, 0.717) is 13.0 Å². The number of Topliss-reactive ketones (excluding diaryl/α,β-unsaturated/α-hetero) is 1. The molecule has 1 fully saturated rings. The summed E-state index contributed by atoms with van der Waals surface area (Å²) in [6.07, 6.45) is 1.28. The number of piperazine rings is 1. The number of amides is 1. The molecule has 0 spiro atoms. The SMILES string of the molecule is CC1(C)C(=O)NCCN1CCCC(=O)c1ccc(Br)cc1. The number of hydrogen-bond acceptors (Lipinski definition) is 3. The Hall–Kier alpha value is -1.20. The molecule has 1 heterocycles. The van der Waals surface area contributed by atoms with E-state index in [1.54, 1.807) is 0 Å². The van der Waals surface area contributed by atoms with E-state index < -0.39 is 5.54 Å². The van der Waals surface area contributed by atoms with Crippen molar-refractivity contribution in [2.24, 2.45) is 0 Å². The molecule has 5 heteroatoms. The summed E-state index contributed by atoms with van der Waals surface area (Å²) >= 11 is 3.36. The van der Waals surface area contributed by atoms with E-state index in [4.69, 9.17) is 0 Å². The first kappa shape index (κ1) is 16.2. The second-order valence-corrected chi connectivity index (χ2v) is 6.75. The van der Waals surface area contributed by atoms with Gasteiger partial charge in [0.2, 0.25) is 5.91 Å². The maximum atomic E-state index is 12.1. The molecule has 1 N–H and O–H groups in total. The van der Waals surface area contributed by atoms with Crippen LogP contribution in [0.3, 0.4) is 0 Å². The van der Waals surface area contributed by atoms with Gasteiger partial charge in [-0.25, -0.2) is 0 Å². The molecule has 0 aromatic heterocycles. The molecular weight excluding hydrogens is 332 g/mol. The number of halogens is 1. The van der Waals surface area contributed by atoms with Gasteiger partial charge in [-0.2, -0.15) is 0 Å². The van der Waals surface area contributed by atoms with Crippen molar-refractivity contribution in [3.63, 3.8) is 0 Å². The molecule has 0 bridgehead atoms. The molecule has 0 unspecified atom stereocenters. The maximum absolute atomic E-state index is 12.1. The zero-order valence-electron chi connectivity index (χ0n) is 12.5. The molecule has 1 aliphatic heterocycles. The van der Waals surface area contributed by atoms with E-state index in [-0.39, 0.29) is 11.7 Å². The lowest BCUT2D eigenvalue weighted by molar-refractivity contribution is -0.135. The topological polar surface area (TPSA) is 49.4 Å². The van der Waals surface area contributed by atoms with Gasteiger partial charge in [-0.3, -0.25) is 14.5 Å². The van der Waals surface area contributed by atoms with Crippen LogP contribution < -0.4 is 5.32 Å². The first-order chi connectivity index (χ1) is 9.91. The third kappa shape index (κ3) is 3.92. The molecule has 2 rings (SSSR count). The van der Waals surface area contributed by atoms with Crippen LogP contribution in [0.1, 0.15) is 37.0 Å². The van der Waals surface area contributed by atoms with E-state index in [2.05, 4.69) is 26.1 Å². The van der Waals surface area contributed by atoms with Crippen molar-refractivity contribution in [3.8, 4) is 0 Å². The predicted octanol–water partition coefficient (Wildman–Crippen LogP) is 2.62. The molecule has 0 aliphatic carbocycles. The number of nitrogens with one attached hydrogen (secondary N) is 1. The van der Waals surface area contributed by atoms with Gasteiger partial charge in [-0.15, -0.1) is 0 Å². The number of nitrogens with zero attached hydrogens (tertiary/aromatic N) is 1. The number of carbonyl (C=O) groups is 2. The molecule has 0 atom stereocenters. The van der Waals surface area contributed by atoms with Crippen LogP contribution in [0, 0.1) is 0 Å². The van der Waals surface area contributed by atoms with Gasteiger partial charge < -0.3 is 5.32 Å². The minimum Gasteiger partial charge on any atom is -0.353 e. The summed E-state index contributed by atoms with van der Waals surface area (Å²) in [5.41, 5.74) is 0.257. The molecule has 1 aliphatic rings. The van der Waals surface area contributed by atoms with Gasteiger partial charge in [0.05, 0.1) is 5.54 Å². The first-order valence-corrected chi connectivity index (χ1v) is 8.02. The predicted molar refractivity (Wildman–Crippen MR) is 86.4 cm³/mol. The summed E-state index contributed by atoms with van der Waals surface area (Å²) in [6, 6.07) is 7.44. The second-order valence-electron chi connectivity index (χ2n) is 5.84.